The van der Waals surface area contributed by atoms with E-state index in [1.807, 2.05) is 69.9 Å². The van der Waals surface area contributed by atoms with E-state index >= 15 is 0 Å². The van der Waals surface area contributed by atoms with Crippen LogP contribution in [0.4, 0.5) is 11.4 Å². The van der Waals surface area contributed by atoms with Crippen LogP contribution in [0.15, 0.2) is 82.3 Å². The molecular formula is C51H74N6O18S2. The predicted molar refractivity (Wildman–Crippen MR) is 278 cm³/mol. The Labute approximate surface area is 449 Å². The molecule has 0 spiro atoms. The lowest BCUT2D eigenvalue weighted by Gasteiger charge is -2.47. The van der Waals surface area contributed by atoms with Gasteiger partial charge in [0, 0.05) is 81.7 Å². The molecule has 26 heteroatoms. The van der Waals surface area contributed by atoms with Gasteiger partial charge in [0.25, 0.3) is 16.0 Å². The number of hydrogen-bond acceptors (Lipinski definition) is 19. The molecule has 3 amide bonds. The SMILES string of the molecule is CC[N+]1=C(/C=C/C=C/C=C2\N(CCCCCC(=O)NCCNC(=O)[C@H]3O[C@@H](O[C@H]4[C@H](O)[C@@H](CO)O[C@@H](OC)[C@@H]4NC(C)=O)[C@H](O)C(O)[C@@H]3OC)c3cc(S(=O)(=O)O)ccc3C2(C)C)C(C)(C)c2cc(S(=O)(=O)[O-])ccc21.N. The van der Waals surface area contributed by atoms with E-state index in [1.165, 1.54) is 45.4 Å². The number of amides is 3. The largest absolute Gasteiger partial charge is 0.744 e. The molecule has 2 fully saturated rings. The summed E-state index contributed by atoms with van der Waals surface area (Å²) >= 11 is 0. The Kier molecular flexibility index (Phi) is 21.1. The van der Waals surface area contributed by atoms with Crippen molar-refractivity contribution >= 4 is 55.0 Å². The molecule has 11 N–H and O–H groups in total. The van der Waals surface area contributed by atoms with Crippen LogP contribution < -0.4 is 27.0 Å². The summed E-state index contributed by atoms with van der Waals surface area (Å²) in [4.78, 5) is 39.9. The lowest BCUT2D eigenvalue weighted by atomic mass is 9.81. The average molecular weight is 1120 g/mol. The van der Waals surface area contributed by atoms with Crippen LogP contribution in [-0.2, 0) is 69.1 Å². The highest BCUT2D eigenvalue weighted by molar-refractivity contribution is 7.86. The molecule has 24 nitrogen and oxygen atoms in total. The van der Waals surface area contributed by atoms with Gasteiger partial charge >= 0.3 is 0 Å². The van der Waals surface area contributed by atoms with Crippen molar-refractivity contribution < 1.29 is 89.0 Å². The lowest BCUT2D eigenvalue weighted by molar-refractivity contribution is -0.433. The number of nitrogens with one attached hydrogen (secondary N) is 3. The van der Waals surface area contributed by atoms with Crippen molar-refractivity contribution in [3.63, 3.8) is 0 Å². The molecule has 2 aromatic rings. The van der Waals surface area contributed by atoms with Gasteiger partial charge in [-0.3, -0.25) is 18.9 Å². The first-order chi connectivity index (χ1) is 35.7. The number of ether oxygens (including phenoxy) is 5. The second-order valence-electron chi connectivity index (χ2n) is 20.0. The number of aliphatic hydroxyl groups is 4. The smallest absolute Gasteiger partial charge is 0.294 e. The standard InChI is InChI=1S/C51H71N5O18S2.H3N/c1-9-55-34-22-20-30(75(64,65)66)26-33(34)51(5,6)37(55)16-12-10-13-17-38-50(3,4)32-21-19-31(76(67,68)69)27-35(32)56(38)25-15-11-14-18-39(59)52-23-24-53-47(63)46-45(70-7)42(61)43(62)49(74-46)73-44-40(54-29(2)58)48(71-8)72-36(28-57)41(44)60;/h10,12-13,16-17,19-22,26-27,36,40-46,48-49,57,60-62H,9,11,14-15,18,23-25,28H2,1-8H3,(H4-,52,53,54,58,59,63,64,65,66,67,68,69);1H3/t36-,40-,41-,42?,43-,44-,45+,46+,48-,49-;/m1./s1. The number of allylic oxidation sites excluding steroid dienone is 6. The number of anilines is 1. The second kappa shape index (κ2) is 25.8. The van der Waals surface area contributed by atoms with E-state index in [-0.39, 0.29) is 41.4 Å². The minimum absolute atomic E-state index is 0. The Morgan fingerprint density at radius 2 is 1.52 bits per heavy atom. The first-order valence-electron chi connectivity index (χ1n) is 24.9. The quantitative estimate of drug-likeness (QED) is 0.0344. The molecule has 1 unspecified atom stereocenters. The summed E-state index contributed by atoms with van der Waals surface area (Å²) in [7, 11) is -6.71. The van der Waals surface area contributed by atoms with Gasteiger partial charge in [-0.25, -0.2) is 8.42 Å². The van der Waals surface area contributed by atoms with Crippen LogP contribution in [0.25, 0.3) is 0 Å². The molecule has 0 saturated carbocycles. The number of benzene rings is 2. The average Bonchev–Trinajstić information content (AvgIpc) is 3.72. The minimum atomic E-state index is -4.65. The summed E-state index contributed by atoms with van der Waals surface area (Å²) in [6.07, 6.45) is -2.39. The van der Waals surface area contributed by atoms with Gasteiger partial charge in [-0.15, -0.1) is 0 Å². The third-order valence-corrected chi connectivity index (χ3v) is 15.9. The maximum Gasteiger partial charge on any atom is 0.294 e. The molecule has 2 saturated heterocycles. The number of fused-ring (bicyclic) bond motifs is 2. The zero-order valence-corrected chi connectivity index (χ0v) is 46.1. The van der Waals surface area contributed by atoms with E-state index < -0.39 is 111 Å². The highest BCUT2D eigenvalue weighted by Crippen LogP contribution is 2.49. The third-order valence-electron chi connectivity index (χ3n) is 14.2. The zero-order valence-electron chi connectivity index (χ0n) is 44.4. The van der Waals surface area contributed by atoms with Crippen molar-refractivity contribution in [2.75, 3.05) is 51.9 Å². The van der Waals surface area contributed by atoms with Crippen molar-refractivity contribution in [1.82, 2.24) is 22.1 Å². The van der Waals surface area contributed by atoms with E-state index in [0.29, 0.717) is 38.0 Å². The van der Waals surface area contributed by atoms with Crippen molar-refractivity contribution in [3.8, 4) is 0 Å². The van der Waals surface area contributed by atoms with Gasteiger partial charge in [0.2, 0.25) is 17.5 Å². The van der Waals surface area contributed by atoms with E-state index in [4.69, 9.17) is 23.7 Å². The maximum atomic E-state index is 13.4. The Bertz CT molecular complexity index is 2820. The number of nitrogens with zero attached hydrogens (tertiary/aromatic N) is 2. The number of hydrogen-bond donors (Lipinski definition) is 9. The van der Waals surface area contributed by atoms with Gasteiger partial charge in [0.05, 0.1) is 21.8 Å². The lowest BCUT2D eigenvalue weighted by Crippen LogP contribution is -2.68. The third kappa shape index (κ3) is 13.9. The molecule has 0 aromatic heterocycles. The van der Waals surface area contributed by atoms with E-state index in [1.54, 1.807) is 12.1 Å². The highest BCUT2D eigenvalue weighted by Gasteiger charge is 2.53. The molecule has 4 heterocycles. The van der Waals surface area contributed by atoms with Crippen LogP contribution in [0.2, 0.25) is 0 Å². The minimum Gasteiger partial charge on any atom is -0.744 e. The second-order valence-corrected chi connectivity index (χ2v) is 22.8. The number of carbonyl (C=O) groups is 3. The van der Waals surface area contributed by atoms with E-state index in [0.717, 1.165) is 28.2 Å². The number of aliphatic hydroxyl groups excluding tert-OH is 4. The molecule has 428 valence electrons. The molecule has 6 rings (SSSR count). The number of unbranched alkanes of at least 4 members (excludes halogenated alkanes) is 2. The molecule has 10 atom stereocenters. The Balaban J connectivity index is 0.0000109. The molecule has 2 aromatic carbocycles. The molecule has 4 aliphatic rings. The molecule has 0 bridgehead atoms. The predicted octanol–water partition coefficient (Wildman–Crippen LogP) is 1.06. The monoisotopic (exact) mass is 1120 g/mol. The van der Waals surface area contributed by atoms with Crippen molar-refractivity contribution in [2.45, 2.75) is 149 Å². The zero-order chi connectivity index (χ0) is 56.1. The maximum absolute atomic E-state index is 13.4. The van der Waals surface area contributed by atoms with Gasteiger partial charge in [-0.05, 0) is 69.5 Å². The van der Waals surface area contributed by atoms with Crippen LogP contribution in [0, 0.1) is 0 Å². The van der Waals surface area contributed by atoms with Gasteiger partial charge in [0.1, 0.15) is 59.3 Å². The summed E-state index contributed by atoms with van der Waals surface area (Å²) in [5.41, 5.74) is 3.56. The number of rotatable bonds is 22. The van der Waals surface area contributed by atoms with Gasteiger partial charge < -0.3 is 75.7 Å². The first kappa shape index (κ1) is 62.8. The van der Waals surface area contributed by atoms with Gasteiger partial charge in [-0.2, -0.15) is 13.0 Å². The van der Waals surface area contributed by atoms with Crippen LogP contribution in [0.5, 0.6) is 0 Å². The molecule has 77 heavy (non-hydrogen) atoms. The highest BCUT2D eigenvalue weighted by atomic mass is 32.2. The van der Waals surface area contributed by atoms with Crippen molar-refractivity contribution in [1.29, 1.82) is 0 Å². The summed E-state index contributed by atoms with van der Waals surface area (Å²) in [6.45, 7) is 11.4. The van der Waals surface area contributed by atoms with Crippen LogP contribution in [0.3, 0.4) is 0 Å². The molecule has 4 aliphatic heterocycles. The van der Waals surface area contributed by atoms with Crippen LogP contribution >= 0.6 is 0 Å². The Morgan fingerprint density at radius 3 is 2.14 bits per heavy atom. The van der Waals surface area contributed by atoms with E-state index in [2.05, 4.69) is 20.5 Å². The normalized spacial score (nSPS) is 27.4. The Morgan fingerprint density at radius 1 is 0.831 bits per heavy atom. The summed E-state index contributed by atoms with van der Waals surface area (Å²) < 4.78 is 99.9. The van der Waals surface area contributed by atoms with Crippen molar-refractivity contribution in [2.24, 2.45) is 0 Å². The van der Waals surface area contributed by atoms with Crippen LogP contribution in [0.1, 0.15) is 78.4 Å². The molecule has 0 radical (unpaired) electrons. The fourth-order valence-corrected chi connectivity index (χ4v) is 11.3. The number of carbonyl (C=O) groups excluding carboxylic acids is 3. The molecule has 0 aliphatic carbocycles. The number of methoxy groups -OCH3 is 2. The fourth-order valence-electron chi connectivity index (χ4n) is 10.3. The topological polar surface area (TPSA) is 367 Å². The Hall–Kier alpha value is -5.04. The summed E-state index contributed by atoms with van der Waals surface area (Å²) in [6, 6.07) is 7.75. The van der Waals surface area contributed by atoms with Gasteiger partial charge in [-0.1, -0.05) is 44.6 Å². The summed E-state index contributed by atoms with van der Waals surface area (Å²) in [5, 5.41) is 50.7. The first-order valence-corrected chi connectivity index (χ1v) is 27.8. The van der Waals surface area contributed by atoms with E-state index in [9.17, 15) is 60.8 Å². The fraction of sp³-hybridized carbons (Fsp3) is 0.569. The van der Waals surface area contributed by atoms with Crippen LogP contribution in [-0.4, -0.2) is 183 Å². The van der Waals surface area contributed by atoms with Gasteiger partial charge in [0.15, 0.2) is 24.4 Å². The molecular weight excluding hydrogens is 1050 g/mol. The van der Waals surface area contributed by atoms with Crippen molar-refractivity contribution in [3.05, 3.63) is 83.6 Å². The summed E-state index contributed by atoms with van der Waals surface area (Å²) in [5.74, 6) is -1.63.